The lowest BCUT2D eigenvalue weighted by Crippen LogP contribution is -2.54. The molecule has 174 valence electrons. The number of hydrogen-bond donors (Lipinski definition) is 0. The summed E-state index contributed by atoms with van der Waals surface area (Å²) in [4.78, 5) is 0. The van der Waals surface area contributed by atoms with Crippen LogP contribution in [0.5, 0.6) is 0 Å². The van der Waals surface area contributed by atoms with Crippen LogP contribution in [-0.2, 0) is 0 Å². The average Bonchev–Trinajstić information content (AvgIpc) is 2.90. The molecule has 0 atom stereocenters. The molecule has 0 heterocycles. The molecule has 0 nitrogen and oxygen atoms in total. The predicted molar refractivity (Wildman–Crippen MR) is 160 cm³/mol. The Morgan fingerprint density at radius 1 is 0.250 bits per heavy atom. The molecule has 0 N–H and O–H groups in total. The topological polar surface area (TPSA) is 0 Å². The molecule has 0 fully saturated rings. The third-order valence-electron chi connectivity index (χ3n) is 7.25. The summed E-state index contributed by atoms with van der Waals surface area (Å²) in [7, 11) is 0. The van der Waals surface area contributed by atoms with Crippen LogP contribution in [0.3, 0.4) is 0 Å². The van der Waals surface area contributed by atoms with Crippen molar-refractivity contribution in [2.45, 2.75) is 27.7 Å². The SMILES string of the molecule is Cc1ccc(B(c2ccc(C)cc2)c2ccc(B(c3ccc(C)cc3)c3ccc(C)cc3)cc2)cc1. The van der Waals surface area contributed by atoms with Gasteiger partial charge in [0.15, 0.2) is 0 Å². The first-order valence-corrected chi connectivity index (χ1v) is 12.8. The van der Waals surface area contributed by atoms with Crippen LogP contribution >= 0.6 is 0 Å². The summed E-state index contributed by atoms with van der Waals surface area (Å²) < 4.78 is 0. The molecular weight excluding hydrogens is 430 g/mol. The van der Waals surface area contributed by atoms with Crippen LogP contribution in [0.1, 0.15) is 22.3 Å². The minimum atomic E-state index is 0.206. The van der Waals surface area contributed by atoms with Crippen LogP contribution < -0.4 is 32.8 Å². The fraction of sp³-hybridized carbons (Fsp3) is 0.118. The number of benzene rings is 5. The van der Waals surface area contributed by atoms with Crippen LogP contribution in [0.2, 0.25) is 0 Å². The highest BCUT2D eigenvalue weighted by atomic mass is 14.0. The lowest BCUT2D eigenvalue weighted by molar-refractivity contribution is 1.48. The van der Waals surface area contributed by atoms with Crippen molar-refractivity contribution in [2.24, 2.45) is 0 Å². The molecule has 2 heteroatoms. The van der Waals surface area contributed by atoms with Crippen molar-refractivity contribution < 1.29 is 0 Å². The summed E-state index contributed by atoms with van der Waals surface area (Å²) in [5, 5.41) is 0. The van der Waals surface area contributed by atoms with Gasteiger partial charge in [-0.25, -0.2) is 0 Å². The zero-order valence-electron chi connectivity index (χ0n) is 21.7. The van der Waals surface area contributed by atoms with Gasteiger partial charge < -0.3 is 0 Å². The number of aryl methyl sites for hydroxylation is 4. The van der Waals surface area contributed by atoms with E-state index in [1.54, 1.807) is 0 Å². The molecule has 0 aromatic heterocycles. The Morgan fingerprint density at radius 3 is 0.556 bits per heavy atom. The quantitative estimate of drug-likeness (QED) is 0.336. The Hall–Kier alpha value is -3.77. The Kier molecular flexibility index (Phi) is 6.96. The summed E-state index contributed by atoms with van der Waals surface area (Å²) in [5.41, 5.74) is 13.1. The van der Waals surface area contributed by atoms with Gasteiger partial charge >= 0.3 is 0 Å². The van der Waals surface area contributed by atoms with Crippen molar-refractivity contribution >= 4 is 46.2 Å². The second-order valence-corrected chi connectivity index (χ2v) is 10.2. The lowest BCUT2D eigenvalue weighted by atomic mass is 9.35. The highest BCUT2D eigenvalue weighted by Crippen LogP contribution is 2.03. The molecule has 0 amide bonds. The standard InChI is InChI=1S/C34H32B2/c1-25-5-13-29(14-6-25)35(30-15-7-26(2)8-16-30)33-21-23-34(24-22-33)36(31-17-9-27(3)10-18-31)32-19-11-28(4)12-20-32/h5-24H,1-4H3. The van der Waals surface area contributed by atoms with Crippen molar-refractivity contribution in [2.75, 3.05) is 0 Å². The summed E-state index contributed by atoms with van der Waals surface area (Å²) >= 11 is 0. The summed E-state index contributed by atoms with van der Waals surface area (Å²) in [6.07, 6.45) is 0. The molecule has 0 aliphatic carbocycles. The van der Waals surface area contributed by atoms with Gasteiger partial charge in [0.2, 0.25) is 13.4 Å². The van der Waals surface area contributed by atoms with E-state index in [0.717, 1.165) is 0 Å². The van der Waals surface area contributed by atoms with E-state index in [0.29, 0.717) is 0 Å². The largest absolute Gasteiger partial charge is 0.241 e. The van der Waals surface area contributed by atoms with Crippen LogP contribution in [0.25, 0.3) is 0 Å². The Balaban J connectivity index is 1.57. The van der Waals surface area contributed by atoms with Gasteiger partial charge in [-0.3, -0.25) is 0 Å². The van der Waals surface area contributed by atoms with E-state index in [1.807, 2.05) is 0 Å². The van der Waals surface area contributed by atoms with E-state index < -0.39 is 0 Å². The molecule has 36 heavy (non-hydrogen) atoms. The third-order valence-corrected chi connectivity index (χ3v) is 7.25. The Bertz CT molecular complexity index is 1210. The first kappa shape index (κ1) is 23.9. The van der Waals surface area contributed by atoms with E-state index in [4.69, 9.17) is 0 Å². The fourth-order valence-corrected chi connectivity index (χ4v) is 5.07. The van der Waals surface area contributed by atoms with Crippen LogP contribution in [0.4, 0.5) is 0 Å². The highest BCUT2D eigenvalue weighted by molar-refractivity contribution is 6.97. The van der Waals surface area contributed by atoms with E-state index in [2.05, 4.69) is 149 Å². The van der Waals surface area contributed by atoms with Gasteiger partial charge in [-0.1, -0.05) is 176 Å². The smallest absolute Gasteiger partial charge is 0.0687 e. The molecule has 0 aliphatic rings. The molecule has 0 radical (unpaired) electrons. The van der Waals surface area contributed by atoms with Crippen molar-refractivity contribution in [3.63, 3.8) is 0 Å². The zero-order valence-corrected chi connectivity index (χ0v) is 21.7. The first-order chi connectivity index (χ1) is 17.5. The van der Waals surface area contributed by atoms with Gasteiger partial charge in [-0.15, -0.1) is 0 Å². The minimum absolute atomic E-state index is 0.206. The van der Waals surface area contributed by atoms with Gasteiger partial charge in [0.05, 0.1) is 0 Å². The normalized spacial score (nSPS) is 10.8. The first-order valence-electron chi connectivity index (χ1n) is 12.8. The van der Waals surface area contributed by atoms with Crippen molar-refractivity contribution in [3.05, 3.63) is 144 Å². The fourth-order valence-electron chi connectivity index (χ4n) is 5.07. The number of rotatable bonds is 6. The molecule has 0 saturated heterocycles. The van der Waals surface area contributed by atoms with Gasteiger partial charge in [-0.2, -0.15) is 0 Å². The van der Waals surface area contributed by atoms with E-state index >= 15 is 0 Å². The van der Waals surface area contributed by atoms with Gasteiger partial charge in [0, 0.05) is 0 Å². The molecule has 0 unspecified atom stereocenters. The highest BCUT2D eigenvalue weighted by Gasteiger charge is 2.24. The molecule has 0 bridgehead atoms. The van der Waals surface area contributed by atoms with Gasteiger partial charge in [-0.05, 0) is 27.7 Å². The van der Waals surface area contributed by atoms with Crippen molar-refractivity contribution in [1.82, 2.24) is 0 Å². The molecule has 0 spiro atoms. The number of hydrogen-bond acceptors (Lipinski definition) is 0. The Labute approximate surface area is 217 Å². The maximum Gasteiger partial charge on any atom is 0.241 e. The van der Waals surface area contributed by atoms with Crippen LogP contribution in [-0.4, -0.2) is 13.4 Å². The minimum Gasteiger partial charge on any atom is -0.0687 e. The maximum atomic E-state index is 2.33. The molecule has 0 aliphatic heterocycles. The molecule has 5 aromatic carbocycles. The van der Waals surface area contributed by atoms with Crippen LogP contribution in [0, 0.1) is 27.7 Å². The lowest BCUT2D eigenvalue weighted by Gasteiger charge is -2.19. The van der Waals surface area contributed by atoms with Gasteiger partial charge in [0.25, 0.3) is 0 Å². The molecule has 0 saturated carbocycles. The van der Waals surface area contributed by atoms with E-state index in [-0.39, 0.29) is 13.4 Å². The average molecular weight is 462 g/mol. The van der Waals surface area contributed by atoms with E-state index in [1.165, 1.54) is 55.0 Å². The molecular formula is C34H32B2. The zero-order chi connectivity index (χ0) is 25.1. The second kappa shape index (κ2) is 10.5. The molecule has 5 aromatic rings. The summed E-state index contributed by atoms with van der Waals surface area (Å²) in [6.45, 7) is 9.01. The second-order valence-electron chi connectivity index (χ2n) is 10.2. The van der Waals surface area contributed by atoms with E-state index in [9.17, 15) is 0 Å². The van der Waals surface area contributed by atoms with Crippen molar-refractivity contribution in [3.8, 4) is 0 Å². The third kappa shape index (κ3) is 5.24. The summed E-state index contributed by atoms with van der Waals surface area (Å²) in [6, 6.07) is 45.2. The van der Waals surface area contributed by atoms with Gasteiger partial charge in [0.1, 0.15) is 0 Å². The summed E-state index contributed by atoms with van der Waals surface area (Å²) in [5.74, 6) is 0. The van der Waals surface area contributed by atoms with Crippen molar-refractivity contribution in [1.29, 1.82) is 0 Å². The van der Waals surface area contributed by atoms with Crippen LogP contribution in [0.15, 0.2) is 121 Å². The monoisotopic (exact) mass is 462 g/mol. The maximum absolute atomic E-state index is 2.33. The predicted octanol–water partition coefficient (Wildman–Crippen LogP) is 3.95. The molecule has 5 rings (SSSR count). The Morgan fingerprint density at radius 2 is 0.389 bits per heavy atom.